The van der Waals surface area contributed by atoms with E-state index >= 15 is 0 Å². The summed E-state index contributed by atoms with van der Waals surface area (Å²) in [6, 6.07) is 0. The molecule has 0 aromatic carbocycles. The number of nitrogens with zero attached hydrogens (tertiary/aromatic N) is 3. The molecule has 2 aromatic heterocycles. The van der Waals surface area contributed by atoms with Gasteiger partial charge in [0, 0.05) is 13.2 Å². The van der Waals surface area contributed by atoms with Crippen LogP contribution in [0.4, 0.5) is 5.95 Å². The van der Waals surface area contributed by atoms with E-state index in [2.05, 4.69) is 20.3 Å². The number of carbonyl (C=O) groups is 1. The quantitative estimate of drug-likeness (QED) is 0.266. The molecular weight excluding hydrogens is 487 g/mol. The first-order chi connectivity index (χ1) is 16.2. The van der Waals surface area contributed by atoms with Crippen LogP contribution in [0, 0.1) is 0 Å². The summed E-state index contributed by atoms with van der Waals surface area (Å²) in [5.74, 6) is -0.282. The fraction of sp³-hybridized carbons (Fsp3) is 0.684. The van der Waals surface area contributed by atoms with E-state index in [1.807, 2.05) is 20.8 Å². The number of nitrogens with one attached hydrogen (secondary N) is 2. The minimum absolute atomic E-state index is 0.0280. The Hall–Kier alpha value is -1.80. The zero-order chi connectivity index (χ0) is 24.5. The van der Waals surface area contributed by atoms with Crippen LogP contribution in [-0.2, 0) is 23.3 Å². The Balaban J connectivity index is 1.53. The van der Waals surface area contributed by atoms with Gasteiger partial charge in [0.05, 0.1) is 18.0 Å². The highest BCUT2D eigenvalue weighted by Gasteiger charge is 2.48. The second-order valence-electron chi connectivity index (χ2n) is 8.50. The Morgan fingerprint density at radius 3 is 3.00 bits per heavy atom. The highest BCUT2D eigenvalue weighted by molar-refractivity contribution is 7.99. The van der Waals surface area contributed by atoms with Crippen molar-refractivity contribution in [3.63, 3.8) is 0 Å². The second-order valence-corrected chi connectivity index (χ2v) is 10.1. The molecule has 0 bridgehead atoms. The molecule has 0 aliphatic carbocycles. The Kier molecular flexibility index (Phi) is 7.77. The van der Waals surface area contributed by atoms with Crippen molar-refractivity contribution in [2.75, 3.05) is 31.2 Å². The number of ether oxygens (including phenoxy) is 2. The van der Waals surface area contributed by atoms with Crippen molar-refractivity contribution in [2.24, 2.45) is 0 Å². The van der Waals surface area contributed by atoms with Crippen LogP contribution in [0.25, 0.3) is 11.2 Å². The number of amides is 1. The van der Waals surface area contributed by atoms with Gasteiger partial charge in [-0.05, 0) is 27.2 Å². The van der Waals surface area contributed by atoms with Crippen molar-refractivity contribution in [2.45, 2.75) is 62.5 Å². The van der Waals surface area contributed by atoms with Crippen molar-refractivity contribution in [3.05, 3.63) is 10.4 Å². The van der Waals surface area contributed by atoms with Gasteiger partial charge in [0.25, 0.3) is 5.56 Å². The molecule has 13 nitrogen and oxygen atoms in total. The number of hydrogen-bond donors (Lipinski definition) is 4. The summed E-state index contributed by atoms with van der Waals surface area (Å²) in [7, 11) is -0.200. The molecular formula is C19H29N6O7PS. The number of imidazole rings is 1. The number of aromatic nitrogens is 4. The number of nitrogens with two attached hydrogens (primary N) is 1. The molecule has 1 amide bonds. The van der Waals surface area contributed by atoms with Gasteiger partial charge < -0.3 is 34.7 Å². The summed E-state index contributed by atoms with van der Waals surface area (Å²) >= 11 is 1.10. The number of nitrogen functional groups attached to an aromatic ring is 1. The van der Waals surface area contributed by atoms with Gasteiger partial charge in [-0.15, -0.1) is 0 Å². The molecule has 4 rings (SSSR count). The Bertz CT molecular complexity index is 1100. The largest absolute Gasteiger partial charge is 0.386 e. The minimum Gasteiger partial charge on any atom is -0.386 e. The third-order valence-corrected chi connectivity index (χ3v) is 7.11. The lowest BCUT2D eigenvalue weighted by Crippen LogP contribution is -2.37. The Labute approximate surface area is 201 Å². The number of H-pyrrole nitrogens is 1. The lowest BCUT2D eigenvalue weighted by atomic mass is 10.1. The van der Waals surface area contributed by atoms with Crippen molar-refractivity contribution in [3.8, 4) is 0 Å². The number of aliphatic hydroxyl groups is 1. The molecule has 34 heavy (non-hydrogen) atoms. The van der Waals surface area contributed by atoms with Gasteiger partial charge >= 0.3 is 0 Å². The first-order valence-corrected chi connectivity index (χ1v) is 12.7. The van der Waals surface area contributed by atoms with E-state index in [-0.39, 0.29) is 55.2 Å². The number of hydrogen-bond acceptors (Lipinski definition) is 11. The maximum absolute atomic E-state index is 12.5. The van der Waals surface area contributed by atoms with E-state index in [0.717, 1.165) is 11.8 Å². The standard InChI is InChI=1S/C19H29N6O7PS/c1-4-29-19(2,3)5-6-21-10(26)8-34-18-22-11-14(23-17(20)24-15(11)28)25(18)16-12(27)13-9(31-16)7-30-33-32-13/h9,12-13,16,27,33H,4-8H2,1-3H3,(H,21,26)(H3,20,23,24,28). The molecule has 2 aliphatic heterocycles. The van der Waals surface area contributed by atoms with Gasteiger partial charge in [0.1, 0.15) is 18.3 Å². The third kappa shape index (κ3) is 5.38. The van der Waals surface area contributed by atoms with Gasteiger partial charge in [0.15, 0.2) is 31.6 Å². The number of carbonyl (C=O) groups excluding carboxylic acids is 1. The van der Waals surface area contributed by atoms with Crippen molar-refractivity contribution in [1.82, 2.24) is 24.8 Å². The molecule has 0 spiro atoms. The van der Waals surface area contributed by atoms with Crippen LogP contribution in [0.5, 0.6) is 0 Å². The summed E-state index contributed by atoms with van der Waals surface area (Å²) in [5, 5.41) is 14.0. The van der Waals surface area contributed by atoms with E-state index in [1.165, 1.54) is 4.57 Å². The number of aromatic amines is 1. The normalized spacial score (nSPS) is 25.6. The summed E-state index contributed by atoms with van der Waals surface area (Å²) in [4.78, 5) is 35.9. The van der Waals surface area contributed by atoms with Crippen molar-refractivity contribution >= 4 is 43.8 Å². The molecule has 0 radical (unpaired) electrons. The molecule has 2 aromatic rings. The van der Waals surface area contributed by atoms with Gasteiger partial charge in [-0.3, -0.25) is 19.1 Å². The number of aliphatic hydroxyl groups excluding tert-OH is 1. The lowest BCUT2D eigenvalue weighted by Gasteiger charge is -2.24. The van der Waals surface area contributed by atoms with Crippen LogP contribution in [0.1, 0.15) is 33.4 Å². The smallest absolute Gasteiger partial charge is 0.280 e. The molecule has 2 aliphatic rings. The molecule has 5 N–H and O–H groups in total. The zero-order valence-corrected chi connectivity index (χ0v) is 20.9. The van der Waals surface area contributed by atoms with Gasteiger partial charge in [0.2, 0.25) is 11.9 Å². The lowest BCUT2D eigenvalue weighted by molar-refractivity contribution is -0.118. The zero-order valence-electron chi connectivity index (χ0n) is 19.1. The SMILES string of the molecule is CCOC(C)(C)CCNC(=O)CSc1nc2c(=O)[nH]c(N)nc2n1C1OC2COPOC2C1O. The predicted octanol–water partition coefficient (Wildman–Crippen LogP) is 0.298. The third-order valence-electron chi connectivity index (χ3n) is 5.51. The maximum Gasteiger partial charge on any atom is 0.280 e. The van der Waals surface area contributed by atoms with Crippen LogP contribution in [0.2, 0.25) is 0 Å². The van der Waals surface area contributed by atoms with E-state index in [1.54, 1.807) is 0 Å². The van der Waals surface area contributed by atoms with Crippen LogP contribution in [0.15, 0.2) is 9.95 Å². The molecule has 188 valence electrons. The molecule has 0 saturated carbocycles. The predicted molar refractivity (Wildman–Crippen MR) is 126 cm³/mol. The highest BCUT2D eigenvalue weighted by Crippen LogP contribution is 2.41. The van der Waals surface area contributed by atoms with E-state index in [4.69, 9.17) is 24.3 Å². The van der Waals surface area contributed by atoms with Gasteiger partial charge in [-0.2, -0.15) is 4.98 Å². The minimum atomic E-state index is -1.06. The van der Waals surface area contributed by atoms with Crippen molar-refractivity contribution < 1.29 is 28.4 Å². The molecule has 15 heteroatoms. The van der Waals surface area contributed by atoms with Gasteiger partial charge in [-0.1, -0.05) is 11.8 Å². The fourth-order valence-corrected chi connectivity index (χ4v) is 5.43. The molecule has 5 unspecified atom stereocenters. The van der Waals surface area contributed by atoms with Crippen LogP contribution < -0.4 is 16.6 Å². The van der Waals surface area contributed by atoms with E-state index < -0.39 is 30.1 Å². The fourth-order valence-electron chi connectivity index (χ4n) is 3.88. The van der Waals surface area contributed by atoms with Gasteiger partial charge in [-0.25, -0.2) is 4.98 Å². The number of thioether (sulfide) groups is 1. The molecule has 5 atom stereocenters. The Morgan fingerprint density at radius 2 is 2.26 bits per heavy atom. The number of rotatable bonds is 9. The van der Waals surface area contributed by atoms with E-state index in [9.17, 15) is 14.7 Å². The van der Waals surface area contributed by atoms with E-state index in [0.29, 0.717) is 19.6 Å². The molecule has 2 saturated heterocycles. The van der Waals surface area contributed by atoms with Crippen LogP contribution in [-0.4, -0.2) is 80.0 Å². The highest BCUT2D eigenvalue weighted by atomic mass is 32.2. The van der Waals surface area contributed by atoms with Crippen LogP contribution >= 0.6 is 20.8 Å². The Morgan fingerprint density at radius 1 is 1.47 bits per heavy atom. The van der Waals surface area contributed by atoms with Crippen LogP contribution in [0.3, 0.4) is 0 Å². The van der Waals surface area contributed by atoms with Crippen molar-refractivity contribution in [1.29, 1.82) is 0 Å². The second kappa shape index (κ2) is 10.4. The maximum atomic E-state index is 12.5. The molecule has 2 fully saturated rings. The average molecular weight is 517 g/mol. The topological polar surface area (TPSA) is 176 Å². The first-order valence-electron chi connectivity index (χ1n) is 10.9. The summed E-state index contributed by atoms with van der Waals surface area (Å²) in [6.07, 6.45) is -2.44. The molecule has 4 heterocycles. The number of anilines is 1. The summed E-state index contributed by atoms with van der Waals surface area (Å²) < 4.78 is 24.0. The monoisotopic (exact) mass is 516 g/mol. The number of fused-ring (bicyclic) bond motifs is 2. The average Bonchev–Trinajstić information content (AvgIpc) is 3.29. The summed E-state index contributed by atoms with van der Waals surface area (Å²) in [5.41, 5.74) is 5.06. The first kappa shape index (κ1) is 25.3. The summed E-state index contributed by atoms with van der Waals surface area (Å²) in [6.45, 7) is 7.18.